The lowest BCUT2D eigenvalue weighted by Crippen LogP contribution is -2.14. The Bertz CT molecular complexity index is 898. The van der Waals surface area contributed by atoms with E-state index in [1.165, 1.54) is 22.5 Å². The molecular weight excluding hydrogens is 334 g/mol. The van der Waals surface area contributed by atoms with Crippen molar-refractivity contribution >= 4 is 22.4 Å². The van der Waals surface area contributed by atoms with Crippen molar-refractivity contribution in [2.45, 2.75) is 25.7 Å². The maximum absolute atomic E-state index is 12.4. The average molecular weight is 353 g/mol. The molecule has 0 radical (unpaired) electrons. The summed E-state index contributed by atoms with van der Waals surface area (Å²) in [5.74, 6) is 0.300. The summed E-state index contributed by atoms with van der Waals surface area (Å²) in [6.45, 7) is 2.07. The molecule has 25 heavy (non-hydrogen) atoms. The second kappa shape index (κ2) is 6.40. The third-order valence-electron chi connectivity index (χ3n) is 4.45. The molecule has 1 fully saturated rings. The van der Waals surface area contributed by atoms with Gasteiger partial charge in [0.25, 0.3) is 0 Å². The van der Waals surface area contributed by atoms with Gasteiger partial charge in [0.2, 0.25) is 11.0 Å². The second-order valence-electron chi connectivity index (χ2n) is 6.55. The van der Waals surface area contributed by atoms with Gasteiger partial charge >= 0.3 is 0 Å². The van der Waals surface area contributed by atoms with Gasteiger partial charge in [-0.25, -0.2) is 0 Å². The van der Waals surface area contributed by atoms with Crippen LogP contribution < -0.4 is 5.32 Å². The predicted molar refractivity (Wildman–Crippen MR) is 96.6 cm³/mol. The van der Waals surface area contributed by atoms with Crippen LogP contribution in [0.4, 0.5) is 5.13 Å². The summed E-state index contributed by atoms with van der Waals surface area (Å²) < 4.78 is 1.77. The lowest BCUT2D eigenvalue weighted by atomic mass is 10.1. The molecule has 1 amide bonds. The molecule has 0 spiro atoms. The van der Waals surface area contributed by atoms with E-state index in [-0.39, 0.29) is 17.7 Å². The van der Waals surface area contributed by atoms with Gasteiger partial charge < -0.3 is 5.32 Å². The van der Waals surface area contributed by atoms with Gasteiger partial charge in [0.1, 0.15) is 5.01 Å². The van der Waals surface area contributed by atoms with E-state index < -0.39 is 0 Å². The van der Waals surface area contributed by atoms with Crippen molar-refractivity contribution in [3.05, 3.63) is 58.4 Å². The normalized spacial score (nSPS) is 19.0. The van der Waals surface area contributed by atoms with Crippen LogP contribution in [0.5, 0.6) is 0 Å². The molecule has 2 heterocycles. The van der Waals surface area contributed by atoms with Gasteiger partial charge in [-0.15, -0.1) is 10.2 Å². The van der Waals surface area contributed by atoms with Crippen LogP contribution in [0.25, 0.3) is 0 Å². The van der Waals surface area contributed by atoms with Gasteiger partial charge in [0, 0.05) is 25.6 Å². The fourth-order valence-corrected chi connectivity index (χ4v) is 3.72. The van der Waals surface area contributed by atoms with Crippen LogP contribution in [0.2, 0.25) is 0 Å². The number of aryl methyl sites for hydroxylation is 2. The summed E-state index contributed by atoms with van der Waals surface area (Å²) in [6, 6.07) is 8.37. The van der Waals surface area contributed by atoms with Crippen molar-refractivity contribution in [3.8, 4) is 0 Å². The van der Waals surface area contributed by atoms with E-state index in [1.807, 2.05) is 19.4 Å². The Morgan fingerprint density at radius 1 is 1.32 bits per heavy atom. The molecule has 1 aliphatic rings. The van der Waals surface area contributed by atoms with Crippen molar-refractivity contribution in [2.75, 3.05) is 5.32 Å². The first-order valence-electron chi connectivity index (χ1n) is 8.26. The van der Waals surface area contributed by atoms with E-state index in [4.69, 9.17) is 0 Å². The van der Waals surface area contributed by atoms with E-state index in [0.717, 1.165) is 23.4 Å². The summed E-state index contributed by atoms with van der Waals surface area (Å²) >= 11 is 1.44. The number of benzene rings is 1. The molecule has 128 valence electrons. The topological polar surface area (TPSA) is 72.7 Å². The highest BCUT2D eigenvalue weighted by Crippen LogP contribution is 2.47. The minimum atomic E-state index is 0.00801. The lowest BCUT2D eigenvalue weighted by Gasteiger charge is -1.99. The highest BCUT2D eigenvalue weighted by atomic mass is 32.1. The van der Waals surface area contributed by atoms with Crippen LogP contribution in [0.1, 0.15) is 34.0 Å². The number of amides is 1. The summed E-state index contributed by atoms with van der Waals surface area (Å²) in [5, 5.41) is 16.8. The molecular formula is C18H19N5OS. The van der Waals surface area contributed by atoms with E-state index >= 15 is 0 Å². The summed E-state index contributed by atoms with van der Waals surface area (Å²) in [5.41, 5.74) is 3.56. The number of hydrogen-bond donors (Lipinski definition) is 1. The van der Waals surface area contributed by atoms with Gasteiger partial charge in [0.15, 0.2) is 0 Å². The number of nitrogens with one attached hydrogen (secondary N) is 1. The number of aromatic nitrogens is 4. The SMILES string of the molecule is Cc1ccc(Cc2nnc(NC(=O)[C@H]3C[C@H]3c3cnn(C)c3)s2)cc1. The fourth-order valence-electron chi connectivity index (χ4n) is 2.94. The van der Waals surface area contributed by atoms with Crippen molar-refractivity contribution in [2.24, 2.45) is 13.0 Å². The number of rotatable bonds is 5. The third kappa shape index (κ3) is 3.61. The third-order valence-corrected chi connectivity index (χ3v) is 5.29. The first-order chi connectivity index (χ1) is 12.1. The van der Waals surface area contributed by atoms with Crippen molar-refractivity contribution in [1.82, 2.24) is 20.0 Å². The van der Waals surface area contributed by atoms with E-state index in [0.29, 0.717) is 5.13 Å². The highest BCUT2D eigenvalue weighted by molar-refractivity contribution is 7.15. The predicted octanol–water partition coefficient (Wildman–Crippen LogP) is 2.91. The molecule has 3 aromatic rings. The molecule has 0 unspecified atom stereocenters. The Morgan fingerprint density at radius 3 is 2.84 bits per heavy atom. The number of anilines is 1. The second-order valence-corrected chi connectivity index (χ2v) is 7.61. The molecule has 0 aliphatic heterocycles. The van der Waals surface area contributed by atoms with E-state index in [1.54, 1.807) is 4.68 Å². The van der Waals surface area contributed by atoms with Gasteiger partial charge in [-0.1, -0.05) is 41.2 Å². The van der Waals surface area contributed by atoms with Crippen molar-refractivity contribution in [1.29, 1.82) is 0 Å². The molecule has 6 nitrogen and oxygen atoms in total. The Hall–Kier alpha value is -2.54. The van der Waals surface area contributed by atoms with Crippen LogP contribution in [0.3, 0.4) is 0 Å². The molecule has 2 aromatic heterocycles. The van der Waals surface area contributed by atoms with Crippen LogP contribution in [-0.4, -0.2) is 25.9 Å². The Balaban J connectivity index is 1.35. The maximum atomic E-state index is 12.4. The Labute approximate surface area is 149 Å². The zero-order valence-corrected chi connectivity index (χ0v) is 15.0. The molecule has 0 saturated heterocycles. The van der Waals surface area contributed by atoms with E-state index in [2.05, 4.69) is 51.8 Å². The minimum absolute atomic E-state index is 0.00801. The first-order valence-corrected chi connectivity index (χ1v) is 9.07. The number of carbonyl (C=O) groups is 1. The van der Waals surface area contributed by atoms with Crippen molar-refractivity contribution in [3.63, 3.8) is 0 Å². The molecule has 4 rings (SSSR count). The molecule has 1 saturated carbocycles. The number of nitrogens with zero attached hydrogens (tertiary/aromatic N) is 4. The van der Waals surface area contributed by atoms with Crippen molar-refractivity contribution < 1.29 is 4.79 Å². The lowest BCUT2D eigenvalue weighted by molar-refractivity contribution is -0.117. The molecule has 7 heteroatoms. The monoisotopic (exact) mass is 353 g/mol. The number of hydrogen-bond acceptors (Lipinski definition) is 5. The van der Waals surface area contributed by atoms with Crippen LogP contribution in [-0.2, 0) is 18.3 Å². The molecule has 1 aliphatic carbocycles. The van der Waals surface area contributed by atoms with Gasteiger partial charge in [0.05, 0.1) is 6.20 Å². The smallest absolute Gasteiger partial charge is 0.229 e. The highest BCUT2D eigenvalue weighted by Gasteiger charge is 2.44. The van der Waals surface area contributed by atoms with Gasteiger partial charge in [-0.3, -0.25) is 9.48 Å². The zero-order valence-electron chi connectivity index (χ0n) is 14.1. The summed E-state index contributed by atoms with van der Waals surface area (Å²) in [4.78, 5) is 12.4. The zero-order chi connectivity index (χ0) is 17.4. The van der Waals surface area contributed by atoms with Gasteiger partial charge in [-0.05, 0) is 30.4 Å². The fraction of sp³-hybridized carbons (Fsp3) is 0.333. The number of carbonyl (C=O) groups excluding carboxylic acids is 1. The van der Waals surface area contributed by atoms with Crippen LogP contribution >= 0.6 is 11.3 Å². The average Bonchev–Trinajstić information content (AvgIpc) is 3.10. The summed E-state index contributed by atoms with van der Waals surface area (Å²) in [7, 11) is 1.89. The standard InChI is InChI=1S/C18H19N5OS/c1-11-3-5-12(6-4-11)7-16-21-22-18(25-16)20-17(24)15-8-14(15)13-9-19-23(2)10-13/h3-6,9-10,14-15H,7-8H2,1-2H3,(H,20,22,24)/t14-,15-/m0/s1. The Kier molecular flexibility index (Phi) is 4.09. The van der Waals surface area contributed by atoms with Crippen LogP contribution in [0, 0.1) is 12.8 Å². The summed E-state index contributed by atoms with van der Waals surface area (Å²) in [6.07, 6.45) is 5.41. The molecule has 0 bridgehead atoms. The first kappa shape index (κ1) is 16.0. The molecule has 1 aromatic carbocycles. The van der Waals surface area contributed by atoms with Crippen LogP contribution in [0.15, 0.2) is 36.7 Å². The quantitative estimate of drug-likeness (QED) is 0.765. The van der Waals surface area contributed by atoms with Gasteiger partial charge in [-0.2, -0.15) is 5.10 Å². The molecule has 1 N–H and O–H groups in total. The largest absolute Gasteiger partial charge is 0.300 e. The minimum Gasteiger partial charge on any atom is -0.300 e. The van der Waals surface area contributed by atoms with E-state index in [9.17, 15) is 4.79 Å². The Morgan fingerprint density at radius 2 is 2.12 bits per heavy atom. The molecule has 2 atom stereocenters. The maximum Gasteiger partial charge on any atom is 0.229 e.